The number of aliphatic hydroxyl groups is 1. The van der Waals surface area contributed by atoms with Gasteiger partial charge in [-0.05, 0) is 56.1 Å². The van der Waals surface area contributed by atoms with Crippen molar-refractivity contribution < 1.29 is 9.84 Å². The Bertz CT molecular complexity index is 610. The van der Waals surface area contributed by atoms with Crippen LogP contribution in [0, 0.1) is 0 Å². The van der Waals surface area contributed by atoms with Crippen molar-refractivity contribution in [2.45, 2.75) is 18.6 Å². The van der Waals surface area contributed by atoms with E-state index in [9.17, 15) is 5.11 Å². The Labute approximate surface area is 136 Å². The predicted molar refractivity (Wildman–Crippen MR) is 84.1 cm³/mol. The second-order valence-corrected chi connectivity index (χ2v) is 8.00. The van der Waals surface area contributed by atoms with Crippen molar-refractivity contribution in [1.82, 2.24) is 0 Å². The average molecular weight is 425 g/mol. The molecular weight excluding hydrogens is 415 g/mol. The van der Waals surface area contributed by atoms with Crippen molar-refractivity contribution in [3.8, 4) is 5.75 Å². The van der Waals surface area contributed by atoms with Crippen LogP contribution in [0.25, 0.3) is 0 Å². The van der Waals surface area contributed by atoms with E-state index in [1.54, 1.807) is 23.5 Å². The third kappa shape index (κ3) is 2.72. The fourth-order valence-corrected chi connectivity index (χ4v) is 4.43. The molecule has 0 saturated carbocycles. The Kier molecular flexibility index (Phi) is 3.93. The number of ether oxygens (including phenoxy) is 1. The van der Waals surface area contributed by atoms with Crippen LogP contribution in [0.2, 0.25) is 5.02 Å². The van der Waals surface area contributed by atoms with Crippen molar-refractivity contribution in [1.29, 1.82) is 0 Å². The van der Waals surface area contributed by atoms with Crippen molar-refractivity contribution in [2.24, 2.45) is 0 Å². The molecule has 2 nitrogen and oxygen atoms in total. The van der Waals surface area contributed by atoms with Crippen LogP contribution in [0.1, 0.15) is 29.1 Å². The average Bonchev–Trinajstić information content (AvgIpc) is 2.70. The van der Waals surface area contributed by atoms with E-state index in [0.717, 1.165) is 18.7 Å². The molecule has 100 valence electrons. The first kappa shape index (κ1) is 13.9. The molecular formula is C13H9Br2ClO2S. The van der Waals surface area contributed by atoms with Crippen molar-refractivity contribution in [3.63, 3.8) is 0 Å². The van der Waals surface area contributed by atoms with Gasteiger partial charge in [-0.3, -0.25) is 0 Å². The first-order valence-electron chi connectivity index (χ1n) is 5.63. The molecule has 0 amide bonds. The van der Waals surface area contributed by atoms with E-state index >= 15 is 0 Å². The molecule has 0 saturated heterocycles. The van der Waals surface area contributed by atoms with Gasteiger partial charge in [0.25, 0.3) is 0 Å². The van der Waals surface area contributed by atoms with Crippen LogP contribution in [0.4, 0.5) is 0 Å². The summed E-state index contributed by atoms with van der Waals surface area (Å²) in [7, 11) is 0. The maximum Gasteiger partial charge on any atom is 0.136 e. The summed E-state index contributed by atoms with van der Waals surface area (Å²) in [5, 5.41) is 10.8. The normalized spacial score (nSPS) is 21.9. The minimum atomic E-state index is -0.549. The lowest BCUT2D eigenvalue weighted by Crippen LogP contribution is -2.18. The highest BCUT2D eigenvalue weighted by atomic mass is 79.9. The molecule has 3 rings (SSSR count). The summed E-state index contributed by atoms with van der Waals surface area (Å²) in [6.07, 6.45) is -0.143. The molecule has 2 atom stereocenters. The number of rotatable bonds is 1. The number of fused-ring (bicyclic) bond motifs is 1. The number of hydrogen-bond acceptors (Lipinski definition) is 3. The standard InChI is InChI=1S/C13H9Br2ClO2S/c14-8-4-12(19-13(8)15)11-5-9(17)7-3-6(16)1-2-10(7)18-11/h1-4,9,11,17H,5H2. The number of hydrogen-bond donors (Lipinski definition) is 1. The molecule has 2 aromatic rings. The van der Waals surface area contributed by atoms with E-state index in [1.165, 1.54) is 0 Å². The number of aliphatic hydroxyl groups excluding tert-OH is 1. The van der Waals surface area contributed by atoms with E-state index in [4.69, 9.17) is 16.3 Å². The predicted octanol–water partition coefficient (Wildman–Crippen LogP) is 5.48. The molecule has 0 radical (unpaired) electrons. The minimum absolute atomic E-state index is 0.128. The van der Waals surface area contributed by atoms with Gasteiger partial charge in [0.1, 0.15) is 11.9 Å². The zero-order chi connectivity index (χ0) is 13.6. The minimum Gasteiger partial charge on any atom is -0.484 e. The fourth-order valence-electron chi connectivity index (χ4n) is 2.11. The Morgan fingerprint density at radius 1 is 1.32 bits per heavy atom. The van der Waals surface area contributed by atoms with E-state index in [1.807, 2.05) is 12.1 Å². The van der Waals surface area contributed by atoms with Gasteiger partial charge in [0, 0.05) is 26.4 Å². The van der Waals surface area contributed by atoms with Crippen LogP contribution in [0.5, 0.6) is 5.75 Å². The highest BCUT2D eigenvalue weighted by molar-refractivity contribution is 9.13. The SMILES string of the molecule is OC1CC(c2cc(Br)c(Br)s2)Oc2ccc(Cl)cc21. The first-order valence-corrected chi connectivity index (χ1v) is 8.41. The van der Waals surface area contributed by atoms with E-state index in [0.29, 0.717) is 17.2 Å². The van der Waals surface area contributed by atoms with Gasteiger partial charge in [-0.2, -0.15) is 0 Å². The fraction of sp³-hybridized carbons (Fsp3) is 0.231. The lowest BCUT2D eigenvalue weighted by Gasteiger charge is -2.29. The molecule has 0 aliphatic carbocycles. The quantitative estimate of drug-likeness (QED) is 0.657. The van der Waals surface area contributed by atoms with Crippen molar-refractivity contribution in [2.75, 3.05) is 0 Å². The molecule has 19 heavy (non-hydrogen) atoms. The van der Waals surface area contributed by atoms with Crippen LogP contribution >= 0.6 is 54.8 Å². The number of thiophene rings is 1. The lowest BCUT2D eigenvalue weighted by molar-refractivity contribution is 0.0674. The third-order valence-corrected chi connectivity index (χ3v) is 6.60. The molecule has 2 heterocycles. The van der Waals surface area contributed by atoms with Crippen LogP contribution in [0.15, 0.2) is 32.5 Å². The van der Waals surface area contributed by atoms with Gasteiger partial charge in [-0.1, -0.05) is 11.6 Å². The van der Waals surface area contributed by atoms with Gasteiger partial charge in [0.2, 0.25) is 0 Å². The smallest absolute Gasteiger partial charge is 0.136 e. The Morgan fingerprint density at radius 3 is 2.79 bits per heavy atom. The maximum atomic E-state index is 10.2. The zero-order valence-corrected chi connectivity index (χ0v) is 14.3. The second-order valence-electron chi connectivity index (χ2n) is 4.31. The monoisotopic (exact) mass is 422 g/mol. The maximum absolute atomic E-state index is 10.2. The van der Waals surface area contributed by atoms with Gasteiger partial charge in [-0.15, -0.1) is 11.3 Å². The Hall–Kier alpha value is -0.0700. The lowest BCUT2D eigenvalue weighted by atomic mass is 9.98. The van der Waals surface area contributed by atoms with Crippen LogP contribution in [0.3, 0.4) is 0 Å². The van der Waals surface area contributed by atoms with E-state index in [2.05, 4.69) is 31.9 Å². The van der Waals surface area contributed by atoms with Gasteiger partial charge >= 0.3 is 0 Å². The van der Waals surface area contributed by atoms with Crippen LogP contribution in [-0.4, -0.2) is 5.11 Å². The summed E-state index contributed by atoms with van der Waals surface area (Å²) in [4.78, 5) is 1.08. The van der Waals surface area contributed by atoms with Crippen molar-refractivity contribution in [3.05, 3.63) is 48.0 Å². The Morgan fingerprint density at radius 2 is 2.11 bits per heavy atom. The van der Waals surface area contributed by atoms with Crippen LogP contribution < -0.4 is 4.74 Å². The van der Waals surface area contributed by atoms with Gasteiger partial charge in [-0.25, -0.2) is 0 Å². The number of benzene rings is 1. The second kappa shape index (κ2) is 5.37. The zero-order valence-electron chi connectivity index (χ0n) is 9.57. The highest BCUT2D eigenvalue weighted by Gasteiger charge is 2.29. The van der Waals surface area contributed by atoms with Gasteiger partial charge in [0.15, 0.2) is 0 Å². The molecule has 6 heteroatoms. The summed E-state index contributed by atoms with van der Waals surface area (Å²) >= 11 is 14.5. The summed E-state index contributed by atoms with van der Waals surface area (Å²) in [5.41, 5.74) is 0.762. The van der Waals surface area contributed by atoms with E-state index in [-0.39, 0.29) is 6.10 Å². The molecule has 1 aromatic heterocycles. The Balaban J connectivity index is 1.94. The van der Waals surface area contributed by atoms with Gasteiger partial charge < -0.3 is 9.84 Å². The molecule has 0 spiro atoms. The molecule has 0 bridgehead atoms. The van der Waals surface area contributed by atoms with Crippen LogP contribution in [-0.2, 0) is 0 Å². The number of halogens is 3. The third-order valence-electron chi connectivity index (χ3n) is 3.02. The molecule has 2 unspecified atom stereocenters. The molecule has 1 aliphatic rings. The molecule has 0 fully saturated rings. The molecule has 1 aromatic carbocycles. The summed E-state index contributed by atoms with van der Waals surface area (Å²) < 4.78 is 8.00. The molecule has 1 N–H and O–H groups in total. The van der Waals surface area contributed by atoms with E-state index < -0.39 is 6.10 Å². The largest absolute Gasteiger partial charge is 0.484 e. The highest BCUT2D eigenvalue weighted by Crippen LogP contribution is 2.45. The summed E-state index contributed by atoms with van der Waals surface area (Å²) in [5.74, 6) is 0.703. The topological polar surface area (TPSA) is 29.5 Å². The van der Waals surface area contributed by atoms with Crippen molar-refractivity contribution >= 4 is 54.8 Å². The summed E-state index contributed by atoms with van der Waals surface area (Å²) in [6, 6.07) is 7.37. The first-order chi connectivity index (χ1) is 9.04. The summed E-state index contributed by atoms with van der Waals surface area (Å²) in [6.45, 7) is 0. The van der Waals surface area contributed by atoms with Gasteiger partial charge in [0.05, 0.1) is 9.89 Å². The molecule has 1 aliphatic heterocycles.